The third-order valence-corrected chi connectivity index (χ3v) is 4.35. The van der Waals surface area contributed by atoms with Crippen molar-refractivity contribution in [3.05, 3.63) is 77.6 Å². The van der Waals surface area contributed by atoms with Gasteiger partial charge in [-0.15, -0.1) is 0 Å². The molecule has 5 heteroatoms. The van der Waals surface area contributed by atoms with Gasteiger partial charge in [0.25, 0.3) is 11.8 Å². The Bertz CT molecular complexity index is 889. The van der Waals surface area contributed by atoms with E-state index in [2.05, 4.69) is 5.16 Å². The molecule has 0 saturated heterocycles. The molecule has 1 amide bonds. The van der Waals surface area contributed by atoms with Crippen LogP contribution in [0.4, 0.5) is 5.69 Å². The molecule has 2 aromatic carbocycles. The third kappa shape index (κ3) is 3.01. The van der Waals surface area contributed by atoms with E-state index in [1.807, 2.05) is 61.5 Å². The topological polar surface area (TPSA) is 55.6 Å². The molecule has 1 atom stereocenters. The average Bonchev–Trinajstić information content (AvgIpc) is 3.24. The van der Waals surface area contributed by atoms with Gasteiger partial charge in [0.05, 0.1) is 6.07 Å². The Morgan fingerprint density at radius 3 is 2.80 bits per heavy atom. The Hall–Kier alpha value is -3.08. The minimum Gasteiger partial charge on any atom is -0.471 e. The van der Waals surface area contributed by atoms with Crippen molar-refractivity contribution in [2.24, 2.45) is 0 Å². The molecule has 4 rings (SSSR count). The summed E-state index contributed by atoms with van der Waals surface area (Å²) in [5, 5.41) is 3.86. The average molecular weight is 334 g/mol. The van der Waals surface area contributed by atoms with E-state index >= 15 is 0 Å². The maximum atomic E-state index is 12.8. The summed E-state index contributed by atoms with van der Waals surface area (Å²) in [5.41, 5.74) is 3.13. The summed E-state index contributed by atoms with van der Waals surface area (Å²) in [6.07, 6.45) is 0.841. The minimum absolute atomic E-state index is 0.0867. The van der Waals surface area contributed by atoms with Gasteiger partial charge in [0.2, 0.25) is 5.76 Å². The molecule has 0 bridgehead atoms. The normalized spacial score (nSPS) is 15.9. The van der Waals surface area contributed by atoms with E-state index in [0.29, 0.717) is 12.5 Å². The van der Waals surface area contributed by atoms with Crippen LogP contribution in [0.25, 0.3) is 0 Å². The Morgan fingerprint density at radius 1 is 1.20 bits per heavy atom. The molecule has 1 aliphatic heterocycles. The van der Waals surface area contributed by atoms with Crippen LogP contribution in [0.3, 0.4) is 0 Å². The monoisotopic (exact) mass is 334 g/mol. The lowest BCUT2D eigenvalue weighted by Gasteiger charge is -2.20. The molecule has 0 N–H and O–H groups in total. The van der Waals surface area contributed by atoms with Gasteiger partial charge in [0.1, 0.15) is 6.61 Å². The van der Waals surface area contributed by atoms with Crippen LogP contribution in [0, 0.1) is 0 Å². The molecule has 0 spiro atoms. The van der Waals surface area contributed by atoms with Gasteiger partial charge in [0, 0.05) is 11.7 Å². The van der Waals surface area contributed by atoms with E-state index in [4.69, 9.17) is 9.26 Å². The van der Waals surface area contributed by atoms with Crippen molar-refractivity contribution in [2.45, 2.75) is 26.0 Å². The summed E-state index contributed by atoms with van der Waals surface area (Å²) in [5.74, 6) is 0.304. The molecule has 2 heterocycles. The molecular weight excluding hydrogens is 316 g/mol. The van der Waals surface area contributed by atoms with Gasteiger partial charge < -0.3 is 14.2 Å². The van der Waals surface area contributed by atoms with Gasteiger partial charge in [-0.2, -0.15) is 0 Å². The second-order valence-corrected chi connectivity index (χ2v) is 6.16. The minimum atomic E-state index is -0.195. The second-order valence-electron chi connectivity index (χ2n) is 6.16. The van der Waals surface area contributed by atoms with Crippen LogP contribution in [-0.2, 0) is 13.0 Å². The summed E-state index contributed by atoms with van der Waals surface area (Å²) < 4.78 is 10.8. The van der Waals surface area contributed by atoms with Crippen LogP contribution in [0.5, 0.6) is 5.88 Å². The molecule has 1 aromatic heterocycles. The number of anilines is 1. The summed E-state index contributed by atoms with van der Waals surface area (Å²) >= 11 is 0. The molecule has 0 aliphatic carbocycles. The highest BCUT2D eigenvalue weighted by atomic mass is 16.5. The first-order valence-electron chi connectivity index (χ1n) is 8.27. The van der Waals surface area contributed by atoms with Crippen molar-refractivity contribution in [3.8, 4) is 5.88 Å². The Kier molecular flexibility index (Phi) is 3.98. The van der Waals surface area contributed by atoms with Gasteiger partial charge in [-0.1, -0.05) is 48.5 Å². The highest BCUT2D eigenvalue weighted by molar-refractivity contribution is 6.06. The number of para-hydroxylation sites is 1. The maximum absolute atomic E-state index is 12.8. The van der Waals surface area contributed by atoms with Crippen LogP contribution in [0.1, 0.15) is 28.6 Å². The number of carbonyl (C=O) groups is 1. The molecule has 1 aliphatic rings. The molecule has 0 radical (unpaired) electrons. The van der Waals surface area contributed by atoms with Crippen molar-refractivity contribution in [1.82, 2.24) is 5.16 Å². The standard InChI is InChI=1S/C20H18N2O3/c1-14-11-16-9-5-6-10-17(16)22(14)20(23)18-12-19(21-25-18)24-13-15-7-3-2-4-8-15/h2-10,12,14H,11,13H2,1H3. The van der Waals surface area contributed by atoms with Gasteiger partial charge in [-0.25, -0.2) is 0 Å². The Morgan fingerprint density at radius 2 is 1.96 bits per heavy atom. The zero-order valence-corrected chi connectivity index (χ0v) is 13.9. The molecular formula is C20H18N2O3. The quantitative estimate of drug-likeness (QED) is 0.727. The van der Waals surface area contributed by atoms with E-state index in [1.54, 1.807) is 11.0 Å². The van der Waals surface area contributed by atoms with Gasteiger partial charge in [0.15, 0.2) is 0 Å². The van der Waals surface area contributed by atoms with Crippen LogP contribution >= 0.6 is 0 Å². The summed E-state index contributed by atoms with van der Waals surface area (Å²) in [6, 6.07) is 19.4. The first-order valence-corrected chi connectivity index (χ1v) is 8.27. The molecule has 0 fully saturated rings. The second kappa shape index (κ2) is 6.43. The van der Waals surface area contributed by atoms with Crippen molar-refractivity contribution in [3.63, 3.8) is 0 Å². The summed E-state index contributed by atoms with van der Waals surface area (Å²) in [6.45, 7) is 2.41. The van der Waals surface area contributed by atoms with Gasteiger partial charge in [-0.05, 0) is 35.7 Å². The Balaban J connectivity index is 1.49. The number of carbonyl (C=O) groups excluding carboxylic acids is 1. The number of hydrogen-bond donors (Lipinski definition) is 0. The van der Waals surface area contributed by atoms with Crippen molar-refractivity contribution < 1.29 is 14.1 Å². The summed E-state index contributed by atoms with van der Waals surface area (Å²) in [7, 11) is 0. The predicted octanol–water partition coefficient (Wildman–Crippen LogP) is 3.85. The SMILES string of the molecule is CC1Cc2ccccc2N1C(=O)c1cc(OCc2ccccc2)no1. The lowest BCUT2D eigenvalue weighted by Crippen LogP contribution is -2.35. The Labute approximate surface area is 145 Å². The maximum Gasteiger partial charge on any atom is 0.297 e. The van der Waals surface area contributed by atoms with Crippen molar-refractivity contribution in [2.75, 3.05) is 4.90 Å². The number of rotatable bonds is 4. The van der Waals surface area contributed by atoms with Crippen LogP contribution in [-0.4, -0.2) is 17.1 Å². The van der Waals surface area contributed by atoms with E-state index in [0.717, 1.165) is 17.7 Å². The molecule has 1 unspecified atom stereocenters. The fourth-order valence-electron chi connectivity index (χ4n) is 3.15. The number of nitrogens with zero attached hydrogens (tertiary/aromatic N) is 2. The first-order chi connectivity index (χ1) is 12.2. The summed E-state index contributed by atoms with van der Waals surface area (Å²) in [4.78, 5) is 14.6. The van der Waals surface area contributed by atoms with Crippen molar-refractivity contribution in [1.29, 1.82) is 0 Å². The number of ether oxygens (including phenoxy) is 1. The number of aromatic nitrogens is 1. The molecule has 3 aromatic rings. The largest absolute Gasteiger partial charge is 0.471 e. The van der Waals surface area contributed by atoms with E-state index < -0.39 is 0 Å². The number of fused-ring (bicyclic) bond motifs is 1. The smallest absolute Gasteiger partial charge is 0.297 e. The highest BCUT2D eigenvalue weighted by Crippen LogP contribution is 2.33. The van der Waals surface area contributed by atoms with E-state index in [-0.39, 0.29) is 17.7 Å². The zero-order chi connectivity index (χ0) is 17.2. The molecule has 5 nitrogen and oxygen atoms in total. The highest BCUT2D eigenvalue weighted by Gasteiger charge is 2.33. The fraction of sp³-hybridized carbons (Fsp3) is 0.200. The van der Waals surface area contributed by atoms with Gasteiger partial charge in [-0.3, -0.25) is 4.79 Å². The van der Waals surface area contributed by atoms with Crippen LogP contribution in [0.2, 0.25) is 0 Å². The zero-order valence-electron chi connectivity index (χ0n) is 13.9. The van der Waals surface area contributed by atoms with Crippen molar-refractivity contribution >= 4 is 11.6 Å². The van der Waals surface area contributed by atoms with E-state index in [9.17, 15) is 4.79 Å². The van der Waals surface area contributed by atoms with E-state index in [1.165, 1.54) is 5.56 Å². The lowest BCUT2D eigenvalue weighted by atomic mass is 10.1. The van der Waals surface area contributed by atoms with Crippen LogP contribution < -0.4 is 9.64 Å². The van der Waals surface area contributed by atoms with Gasteiger partial charge >= 0.3 is 0 Å². The predicted molar refractivity (Wildman–Crippen MR) is 93.7 cm³/mol. The number of benzene rings is 2. The molecule has 25 heavy (non-hydrogen) atoms. The molecule has 126 valence electrons. The molecule has 0 saturated carbocycles. The third-order valence-electron chi connectivity index (χ3n) is 4.35. The van der Waals surface area contributed by atoms with Crippen LogP contribution in [0.15, 0.2) is 65.2 Å². The number of amides is 1. The first kappa shape index (κ1) is 15.4. The lowest BCUT2D eigenvalue weighted by molar-refractivity contribution is 0.0945. The number of hydrogen-bond acceptors (Lipinski definition) is 4. The fourth-order valence-corrected chi connectivity index (χ4v) is 3.15.